The van der Waals surface area contributed by atoms with Crippen LogP contribution in [0.2, 0.25) is 0 Å². The number of thioether (sulfide) groups is 1. The number of nitrogen functional groups attached to an aromatic ring is 1. The van der Waals surface area contributed by atoms with E-state index in [1.54, 1.807) is 0 Å². The molecule has 2 rings (SSSR count). The van der Waals surface area contributed by atoms with Crippen LogP contribution in [0.4, 0.5) is 11.6 Å². The number of hydrogen-bond acceptors (Lipinski definition) is 6. The van der Waals surface area contributed by atoms with Crippen molar-refractivity contribution in [2.75, 3.05) is 23.0 Å². The van der Waals surface area contributed by atoms with Crippen molar-refractivity contribution >= 4 is 23.4 Å². The van der Waals surface area contributed by atoms with E-state index < -0.39 is 0 Å². The molecule has 0 amide bonds. The highest BCUT2D eigenvalue weighted by Crippen LogP contribution is 2.26. The first kappa shape index (κ1) is 14.4. The molecule has 0 radical (unpaired) electrons. The van der Waals surface area contributed by atoms with Crippen molar-refractivity contribution in [1.82, 2.24) is 9.97 Å². The van der Waals surface area contributed by atoms with Crippen LogP contribution in [0.15, 0.2) is 0 Å². The van der Waals surface area contributed by atoms with Gasteiger partial charge in [-0.3, -0.25) is 0 Å². The zero-order valence-corrected chi connectivity index (χ0v) is 12.5. The molecule has 0 aliphatic carbocycles. The molecule has 6 heteroatoms. The lowest BCUT2D eigenvalue weighted by atomic mass is 10.2. The normalized spacial score (nSPS) is 19.2. The second-order valence-corrected chi connectivity index (χ2v) is 6.24. The third-order valence-corrected chi connectivity index (χ3v) is 4.81. The Balaban J connectivity index is 2.05. The highest BCUT2D eigenvalue weighted by molar-refractivity contribution is 7.99. The second-order valence-electron chi connectivity index (χ2n) is 4.83. The van der Waals surface area contributed by atoms with Gasteiger partial charge in [-0.25, -0.2) is 15.8 Å². The Morgan fingerprint density at radius 1 is 1.32 bits per heavy atom. The number of anilines is 2. The van der Waals surface area contributed by atoms with Crippen LogP contribution in [0.5, 0.6) is 0 Å². The summed E-state index contributed by atoms with van der Waals surface area (Å²) in [7, 11) is 0. The Morgan fingerprint density at radius 3 is 2.74 bits per heavy atom. The van der Waals surface area contributed by atoms with Gasteiger partial charge < -0.3 is 10.7 Å². The van der Waals surface area contributed by atoms with E-state index in [1.165, 1.54) is 25.0 Å². The highest BCUT2D eigenvalue weighted by atomic mass is 32.2. The molecule has 1 fully saturated rings. The summed E-state index contributed by atoms with van der Waals surface area (Å²) in [4.78, 5) is 8.93. The van der Waals surface area contributed by atoms with Gasteiger partial charge in [-0.2, -0.15) is 11.8 Å². The molecule has 19 heavy (non-hydrogen) atoms. The average Bonchev–Trinajstić information content (AvgIpc) is 2.47. The molecule has 1 aliphatic heterocycles. The van der Waals surface area contributed by atoms with E-state index in [0.29, 0.717) is 11.1 Å². The first-order valence-electron chi connectivity index (χ1n) is 6.94. The van der Waals surface area contributed by atoms with Crippen LogP contribution in [0.25, 0.3) is 0 Å². The second kappa shape index (κ2) is 6.96. The topological polar surface area (TPSA) is 75.9 Å². The SMILES string of the molecule is CCc1nc(NN)c(C)c(NCC2CCCCS2)n1. The molecular formula is C13H23N5S. The summed E-state index contributed by atoms with van der Waals surface area (Å²) in [6.45, 7) is 5.01. The minimum Gasteiger partial charge on any atom is -0.369 e. The number of hydrogen-bond donors (Lipinski definition) is 3. The van der Waals surface area contributed by atoms with E-state index in [1.807, 2.05) is 13.8 Å². The number of hydrazine groups is 1. The molecule has 1 saturated heterocycles. The molecule has 1 atom stereocenters. The van der Waals surface area contributed by atoms with Gasteiger partial charge in [0.05, 0.1) is 0 Å². The first-order valence-corrected chi connectivity index (χ1v) is 7.99. The lowest BCUT2D eigenvalue weighted by Gasteiger charge is -2.22. The lowest BCUT2D eigenvalue weighted by Crippen LogP contribution is -2.22. The fourth-order valence-electron chi connectivity index (χ4n) is 2.21. The van der Waals surface area contributed by atoms with Crippen molar-refractivity contribution in [2.45, 2.75) is 44.8 Å². The molecule has 0 spiro atoms. The molecule has 106 valence electrons. The summed E-state index contributed by atoms with van der Waals surface area (Å²) in [6.07, 6.45) is 4.80. The maximum atomic E-state index is 5.51. The Morgan fingerprint density at radius 2 is 2.11 bits per heavy atom. The van der Waals surface area contributed by atoms with Gasteiger partial charge in [0.2, 0.25) is 0 Å². The molecular weight excluding hydrogens is 258 g/mol. The van der Waals surface area contributed by atoms with Crippen LogP contribution in [-0.2, 0) is 6.42 Å². The van der Waals surface area contributed by atoms with Gasteiger partial charge in [-0.1, -0.05) is 13.3 Å². The minimum absolute atomic E-state index is 0.697. The Kier molecular flexibility index (Phi) is 5.27. The largest absolute Gasteiger partial charge is 0.369 e. The van der Waals surface area contributed by atoms with E-state index in [2.05, 4.69) is 32.5 Å². The van der Waals surface area contributed by atoms with E-state index in [0.717, 1.165) is 30.2 Å². The monoisotopic (exact) mass is 281 g/mol. The lowest BCUT2D eigenvalue weighted by molar-refractivity contribution is 0.676. The first-order chi connectivity index (χ1) is 9.24. The van der Waals surface area contributed by atoms with Crippen molar-refractivity contribution in [3.05, 3.63) is 11.4 Å². The highest BCUT2D eigenvalue weighted by Gasteiger charge is 2.15. The van der Waals surface area contributed by atoms with Crippen molar-refractivity contribution in [3.8, 4) is 0 Å². The van der Waals surface area contributed by atoms with Gasteiger partial charge in [0.1, 0.15) is 17.5 Å². The summed E-state index contributed by atoms with van der Waals surface area (Å²) in [5.74, 6) is 9.23. The Hall–Kier alpha value is -1.01. The fraction of sp³-hybridized carbons (Fsp3) is 0.692. The van der Waals surface area contributed by atoms with Gasteiger partial charge in [0.15, 0.2) is 0 Å². The van der Waals surface area contributed by atoms with Crippen LogP contribution >= 0.6 is 11.8 Å². The third-order valence-electron chi connectivity index (χ3n) is 3.42. The van der Waals surface area contributed by atoms with Crippen molar-refractivity contribution < 1.29 is 0 Å². The van der Waals surface area contributed by atoms with E-state index in [9.17, 15) is 0 Å². The number of aryl methyl sites for hydroxylation is 1. The average molecular weight is 281 g/mol. The third kappa shape index (κ3) is 3.73. The van der Waals surface area contributed by atoms with Gasteiger partial charge >= 0.3 is 0 Å². The van der Waals surface area contributed by atoms with E-state index in [-0.39, 0.29) is 0 Å². The van der Waals surface area contributed by atoms with Gasteiger partial charge in [0, 0.05) is 23.8 Å². The zero-order valence-electron chi connectivity index (χ0n) is 11.7. The summed E-state index contributed by atoms with van der Waals surface area (Å²) in [5.41, 5.74) is 3.64. The van der Waals surface area contributed by atoms with Crippen LogP contribution in [0.3, 0.4) is 0 Å². The zero-order chi connectivity index (χ0) is 13.7. The quantitative estimate of drug-likeness (QED) is 0.568. The van der Waals surface area contributed by atoms with Crippen LogP contribution in [-0.4, -0.2) is 27.5 Å². The number of nitrogens with two attached hydrogens (primary N) is 1. The van der Waals surface area contributed by atoms with Crippen LogP contribution < -0.4 is 16.6 Å². The molecule has 0 aromatic carbocycles. The summed E-state index contributed by atoms with van der Waals surface area (Å²) in [6, 6.07) is 0. The van der Waals surface area contributed by atoms with Crippen molar-refractivity contribution in [1.29, 1.82) is 0 Å². The molecule has 0 bridgehead atoms. The summed E-state index contributed by atoms with van der Waals surface area (Å²) >= 11 is 2.06. The molecule has 4 N–H and O–H groups in total. The standard InChI is InChI=1S/C13H23N5S/c1-3-11-16-12(9(2)13(17-11)18-14)15-8-10-6-4-5-7-19-10/h10H,3-8,14H2,1-2H3,(H2,15,16,17,18). The van der Waals surface area contributed by atoms with Gasteiger partial charge in [0.25, 0.3) is 0 Å². The Labute approximate surface area is 119 Å². The smallest absolute Gasteiger partial charge is 0.148 e. The van der Waals surface area contributed by atoms with Crippen LogP contribution in [0.1, 0.15) is 37.6 Å². The van der Waals surface area contributed by atoms with Crippen LogP contribution in [0, 0.1) is 6.92 Å². The minimum atomic E-state index is 0.697. The van der Waals surface area contributed by atoms with Crippen molar-refractivity contribution in [2.24, 2.45) is 5.84 Å². The predicted octanol–water partition coefficient (Wildman–Crippen LogP) is 2.33. The predicted molar refractivity (Wildman–Crippen MR) is 82.5 cm³/mol. The van der Waals surface area contributed by atoms with Crippen molar-refractivity contribution in [3.63, 3.8) is 0 Å². The molecule has 5 nitrogen and oxygen atoms in total. The number of rotatable bonds is 5. The fourth-order valence-corrected chi connectivity index (χ4v) is 3.45. The van der Waals surface area contributed by atoms with E-state index in [4.69, 9.17) is 5.84 Å². The number of aromatic nitrogens is 2. The molecule has 2 heterocycles. The summed E-state index contributed by atoms with van der Waals surface area (Å²) < 4.78 is 0. The molecule has 1 unspecified atom stereocenters. The number of nitrogens with zero attached hydrogens (tertiary/aromatic N) is 2. The van der Waals surface area contributed by atoms with Gasteiger partial charge in [-0.05, 0) is 25.5 Å². The van der Waals surface area contributed by atoms with E-state index >= 15 is 0 Å². The molecule has 1 aromatic rings. The molecule has 0 saturated carbocycles. The maximum absolute atomic E-state index is 5.51. The molecule has 1 aliphatic rings. The summed E-state index contributed by atoms with van der Waals surface area (Å²) in [5, 5.41) is 4.16. The Bertz CT molecular complexity index is 418. The molecule has 1 aromatic heterocycles. The van der Waals surface area contributed by atoms with Gasteiger partial charge in [-0.15, -0.1) is 0 Å². The maximum Gasteiger partial charge on any atom is 0.148 e. The number of nitrogens with one attached hydrogen (secondary N) is 2.